The van der Waals surface area contributed by atoms with Gasteiger partial charge in [-0.15, -0.1) is 0 Å². The van der Waals surface area contributed by atoms with Gasteiger partial charge in [0, 0.05) is 6.08 Å². The van der Waals surface area contributed by atoms with Crippen LogP contribution in [0.2, 0.25) is 0 Å². The second-order valence-corrected chi connectivity index (χ2v) is 0.946. The van der Waals surface area contributed by atoms with Gasteiger partial charge in [0.1, 0.15) is 0 Å². The van der Waals surface area contributed by atoms with Gasteiger partial charge in [0.05, 0.1) is 14.2 Å². The first-order valence-corrected chi connectivity index (χ1v) is 1.97. The molecule has 7 heavy (non-hydrogen) atoms. The topological polar surface area (TPSA) is 18.5 Å². The molecule has 0 aliphatic carbocycles. The summed E-state index contributed by atoms with van der Waals surface area (Å²) < 4.78 is 9.26. The molecule has 0 fully saturated rings. The van der Waals surface area contributed by atoms with E-state index >= 15 is 0 Å². The number of rotatable bonds is 2. The van der Waals surface area contributed by atoms with Crippen molar-refractivity contribution in [2.45, 2.75) is 6.92 Å². The zero-order chi connectivity index (χ0) is 5.70. The fourth-order valence-corrected chi connectivity index (χ4v) is 0.287. The van der Waals surface area contributed by atoms with Crippen molar-refractivity contribution in [3.05, 3.63) is 12.0 Å². The van der Waals surface area contributed by atoms with Crippen LogP contribution < -0.4 is 0 Å². The van der Waals surface area contributed by atoms with Crippen LogP contribution in [0.3, 0.4) is 0 Å². The predicted molar refractivity (Wildman–Crippen MR) is 26.4 cm³/mol. The standard InChI is InChI=1S/C5H9O2/c1-4-5(6-2)7-3/h1-3H3. The van der Waals surface area contributed by atoms with Crippen LogP contribution in [0.1, 0.15) is 6.92 Å². The summed E-state index contributed by atoms with van der Waals surface area (Å²) in [5, 5.41) is 0. The van der Waals surface area contributed by atoms with Crippen molar-refractivity contribution in [2.75, 3.05) is 14.2 Å². The van der Waals surface area contributed by atoms with Gasteiger partial charge in [-0.2, -0.15) is 0 Å². The van der Waals surface area contributed by atoms with E-state index in [1.54, 1.807) is 6.92 Å². The first kappa shape index (κ1) is 6.34. The third-order valence-electron chi connectivity index (χ3n) is 0.575. The Balaban J connectivity index is 3.38. The lowest BCUT2D eigenvalue weighted by Crippen LogP contribution is -1.86. The second-order valence-electron chi connectivity index (χ2n) is 0.946. The van der Waals surface area contributed by atoms with Crippen LogP contribution in [-0.4, -0.2) is 14.2 Å². The number of hydrogen-bond donors (Lipinski definition) is 0. The minimum absolute atomic E-state index is 0.431. The highest BCUT2D eigenvalue weighted by Crippen LogP contribution is 1.90. The first-order valence-electron chi connectivity index (χ1n) is 1.97. The van der Waals surface area contributed by atoms with E-state index in [1.807, 2.05) is 0 Å². The number of hydrogen-bond acceptors (Lipinski definition) is 2. The molecule has 2 heteroatoms. The molecule has 0 aromatic rings. The molecule has 0 saturated heterocycles. The zero-order valence-corrected chi connectivity index (χ0v) is 4.82. The van der Waals surface area contributed by atoms with Crippen LogP contribution in [0, 0.1) is 6.08 Å². The minimum atomic E-state index is 0.431. The number of allylic oxidation sites excluding steroid dienone is 1. The maximum atomic E-state index is 4.63. The summed E-state index contributed by atoms with van der Waals surface area (Å²) in [6, 6.07) is 0. The van der Waals surface area contributed by atoms with Crippen molar-refractivity contribution in [1.29, 1.82) is 0 Å². The van der Waals surface area contributed by atoms with Crippen molar-refractivity contribution >= 4 is 0 Å². The van der Waals surface area contributed by atoms with Gasteiger partial charge in [0.15, 0.2) is 0 Å². The Morgan fingerprint density at radius 3 is 1.71 bits per heavy atom. The van der Waals surface area contributed by atoms with Crippen LogP contribution >= 0.6 is 0 Å². The molecular weight excluding hydrogens is 92.1 g/mol. The third kappa shape index (κ3) is 2.09. The van der Waals surface area contributed by atoms with Gasteiger partial charge in [-0.1, -0.05) is 0 Å². The van der Waals surface area contributed by atoms with Gasteiger partial charge < -0.3 is 9.47 Å². The Labute approximate surface area is 43.7 Å². The molecule has 0 atom stereocenters. The van der Waals surface area contributed by atoms with Crippen LogP contribution in [-0.2, 0) is 9.47 Å². The van der Waals surface area contributed by atoms with E-state index in [1.165, 1.54) is 14.2 Å². The molecule has 0 aromatic heterocycles. The molecule has 2 nitrogen and oxygen atoms in total. The summed E-state index contributed by atoms with van der Waals surface area (Å²) in [6.45, 7) is 1.72. The smallest absolute Gasteiger partial charge is 0.282 e. The average Bonchev–Trinajstić information content (AvgIpc) is 1.72. The molecule has 0 amide bonds. The summed E-state index contributed by atoms with van der Waals surface area (Å²) in [6.07, 6.45) is 2.67. The Kier molecular flexibility index (Phi) is 3.19. The highest BCUT2D eigenvalue weighted by Gasteiger charge is 1.84. The summed E-state index contributed by atoms with van der Waals surface area (Å²) in [5.74, 6) is 0.431. The molecule has 0 spiro atoms. The molecule has 0 unspecified atom stereocenters. The van der Waals surface area contributed by atoms with E-state index in [9.17, 15) is 0 Å². The van der Waals surface area contributed by atoms with Gasteiger partial charge in [0.2, 0.25) is 0 Å². The summed E-state index contributed by atoms with van der Waals surface area (Å²) in [7, 11) is 3.07. The fraction of sp³-hybridized carbons (Fsp3) is 0.600. The Morgan fingerprint density at radius 1 is 1.29 bits per heavy atom. The normalized spacial score (nSPS) is 7.29. The van der Waals surface area contributed by atoms with E-state index < -0.39 is 0 Å². The van der Waals surface area contributed by atoms with Crippen molar-refractivity contribution < 1.29 is 9.47 Å². The van der Waals surface area contributed by atoms with Crippen molar-refractivity contribution in [3.8, 4) is 0 Å². The number of ether oxygens (including phenoxy) is 2. The molecule has 0 aliphatic rings. The highest BCUT2D eigenvalue weighted by molar-refractivity contribution is 4.68. The predicted octanol–water partition coefficient (Wildman–Crippen LogP) is 0.944. The van der Waals surface area contributed by atoms with Crippen molar-refractivity contribution in [3.63, 3.8) is 0 Å². The molecule has 0 bridgehead atoms. The van der Waals surface area contributed by atoms with Gasteiger partial charge in [0.25, 0.3) is 5.95 Å². The SMILES string of the molecule is C[C]=C(OC)OC. The van der Waals surface area contributed by atoms with Gasteiger partial charge in [-0.05, 0) is 6.92 Å². The summed E-state index contributed by atoms with van der Waals surface area (Å²) in [5.41, 5.74) is 0. The van der Waals surface area contributed by atoms with Crippen LogP contribution in [0.4, 0.5) is 0 Å². The Hall–Kier alpha value is -0.660. The maximum absolute atomic E-state index is 4.63. The fourth-order valence-electron chi connectivity index (χ4n) is 0.287. The van der Waals surface area contributed by atoms with Crippen LogP contribution in [0.5, 0.6) is 0 Å². The monoisotopic (exact) mass is 101 g/mol. The molecule has 0 heterocycles. The molecule has 0 rings (SSSR count). The molecular formula is C5H9O2. The molecule has 0 N–H and O–H groups in total. The maximum Gasteiger partial charge on any atom is 0.282 e. The minimum Gasteiger partial charge on any atom is -0.469 e. The lowest BCUT2D eigenvalue weighted by Gasteiger charge is -1.98. The van der Waals surface area contributed by atoms with Crippen LogP contribution in [0.15, 0.2) is 5.95 Å². The van der Waals surface area contributed by atoms with Crippen LogP contribution in [0.25, 0.3) is 0 Å². The molecule has 0 saturated carbocycles. The van der Waals surface area contributed by atoms with E-state index in [-0.39, 0.29) is 0 Å². The zero-order valence-electron chi connectivity index (χ0n) is 4.82. The highest BCUT2D eigenvalue weighted by atomic mass is 16.7. The van der Waals surface area contributed by atoms with Gasteiger partial charge in [-0.3, -0.25) is 0 Å². The quantitative estimate of drug-likeness (QED) is 0.482. The summed E-state index contributed by atoms with van der Waals surface area (Å²) in [4.78, 5) is 0. The Bertz CT molecular complexity index is 60.5. The van der Waals surface area contributed by atoms with Gasteiger partial charge in [-0.25, -0.2) is 0 Å². The Morgan fingerprint density at radius 2 is 1.71 bits per heavy atom. The molecule has 0 aliphatic heterocycles. The van der Waals surface area contributed by atoms with E-state index in [4.69, 9.17) is 0 Å². The van der Waals surface area contributed by atoms with E-state index in [0.717, 1.165) is 0 Å². The third-order valence-corrected chi connectivity index (χ3v) is 0.575. The van der Waals surface area contributed by atoms with Gasteiger partial charge >= 0.3 is 0 Å². The van der Waals surface area contributed by atoms with E-state index in [0.29, 0.717) is 5.95 Å². The molecule has 41 valence electrons. The van der Waals surface area contributed by atoms with Crippen molar-refractivity contribution in [2.24, 2.45) is 0 Å². The van der Waals surface area contributed by atoms with Crippen molar-refractivity contribution in [1.82, 2.24) is 0 Å². The molecule has 1 radical (unpaired) electrons. The lowest BCUT2D eigenvalue weighted by molar-refractivity contribution is 0.0924. The largest absolute Gasteiger partial charge is 0.469 e. The number of methoxy groups -OCH3 is 2. The first-order chi connectivity index (χ1) is 3.35. The lowest BCUT2D eigenvalue weighted by atomic mass is 10.7. The molecule has 0 aromatic carbocycles. The summed E-state index contributed by atoms with van der Waals surface area (Å²) >= 11 is 0. The second kappa shape index (κ2) is 3.53. The van der Waals surface area contributed by atoms with E-state index in [2.05, 4.69) is 15.5 Å². The average molecular weight is 101 g/mol.